The van der Waals surface area contributed by atoms with Gasteiger partial charge in [0.15, 0.2) is 0 Å². The summed E-state index contributed by atoms with van der Waals surface area (Å²) < 4.78 is 49.1. The van der Waals surface area contributed by atoms with E-state index in [0.717, 1.165) is 0 Å². The van der Waals surface area contributed by atoms with Crippen molar-refractivity contribution in [2.75, 3.05) is 38.2 Å². The number of nitrogens with one attached hydrogen (secondary N) is 2. The van der Waals surface area contributed by atoms with Crippen LogP contribution >= 0.6 is 17.1 Å². The standard InChI is InChI=1S/C39H52N8O11P2/c1-9-29-30(21-35(55-29)46-23-27(6)36(48)44-39(46)51)58-60(53-20-17-41-8)54-24-32-31(57-59(52-19-16-40-7)47(25(2)3)26(4)5)22-34(56-32)45-18-15-33(43-38(45)50)42-37(49)28-13-11-10-12-14-28/h10-15,18,23,25-26,29-32,34-35H,9,16-17,19-22,24H2,1-6H3,(H,44,48,51)(H,42,43,49,50)/t29-,30+,31+,32-,34-,35-,59?,60?/m1/s1. The summed E-state index contributed by atoms with van der Waals surface area (Å²) in [5, 5.41) is 2.65. The van der Waals surface area contributed by atoms with E-state index in [4.69, 9.17) is 45.2 Å². The molecule has 1 aromatic carbocycles. The van der Waals surface area contributed by atoms with E-state index in [1.807, 2.05) is 34.6 Å². The second kappa shape index (κ2) is 22.6. The molecule has 2 N–H and O–H groups in total. The van der Waals surface area contributed by atoms with Gasteiger partial charge in [0.25, 0.3) is 20.0 Å². The molecule has 1 amide bonds. The van der Waals surface area contributed by atoms with Gasteiger partial charge in [0, 0.05) is 48.4 Å². The van der Waals surface area contributed by atoms with Crippen LogP contribution in [0.25, 0.3) is 9.69 Å². The third-order valence-electron chi connectivity index (χ3n) is 9.48. The van der Waals surface area contributed by atoms with Crippen LogP contribution in [0.5, 0.6) is 0 Å². The van der Waals surface area contributed by atoms with Crippen molar-refractivity contribution < 1.29 is 36.9 Å². The molecule has 2 unspecified atom stereocenters. The Hall–Kier alpha value is -4.23. The van der Waals surface area contributed by atoms with Crippen molar-refractivity contribution in [1.82, 2.24) is 23.8 Å². The summed E-state index contributed by atoms with van der Waals surface area (Å²) in [4.78, 5) is 64.2. The number of ether oxygens (including phenoxy) is 2. The van der Waals surface area contributed by atoms with Gasteiger partial charge in [-0.2, -0.15) is 4.98 Å². The van der Waals surface area contributed by atoms with Gasteiger partial charge in [0.2, 0.25) is 13.1 Å². The smallest absolute Gasteiger partial charge is 0.351 e. The Labute approximate surface area is 350 Å². The van der Waals surface area contributed by atoms with E-state index in [1.54, 1.807) is 37.3 Å². The zero-order valence-corrected chi connectivity index (χ0v) is 36.3. The second-order valence-electron chi connectivity index (χ2n) is 14.5. The summed E-state index contributed by atoms with van der Waals surface area (Å²) in [6, 6.07) is 10.1. The fourth-order valence-corrected chi connectivity index (χ4v) is 9.55. The van der Waals surface area contributed by atoms with Gasteiger partial charge in [-0.25, -0.2) is 27.4 Å². The first kappa shape index (κ1) is 46.8. The number of anilines is 1. The van der Waals surface area contributed by atoms with Gasteiger partial charge in [-0.3, -0.25) is 23.7 Å². The van der Waals surface area contributed by atoms with Gasteiger partial charge in [0.1, 0.15) is 37.6 Å². The number of hydrogen-bond donors (Lipinski definition) is 2. The van der Waals surface area contributed by atoms with E-state index in [9.17, 15) is 19.2 Å². The molecule has 0 spiro atoms. The van der Waals surface area contributed by atoms with E-state index in [1.165, 1.54) is 27.6 Å². The van der Waals surface area contributed by atoms with Gasteiger partial charge in [-0.05, 0) is 59.2 Å². The van der Waals surface area contributed by atoms with Crippen molar-refractivity contribution in [3.05, 3.63) is 114 Å². The molecular weight excluding hydrogens is 818 g/mol. The molecule has 5 rings (SSSR count). The van der Waals surface area contributed by atoms with E-state index < -0.39 is 76.8 Å². The molecular formula is C39H52N8O11P2. The predicted octanol–water partition coefficient (Wildman–Crippen LogP) is 5.57. The molecule has 2 aliphatic rings. The molecule has 324 valence electrons. The zero-order valence-electron chi connectivity index (χ0n) is 34.5. The maximum atomic E-state index is 13.5. The lowest BCUT2D eigenvalue weighted by Gasteiger charge is -2.37. The first-order valence-electron chi connectivity index (χ1n) is 19.7. The van der Waals surface area contributed by atoms with E-state index in [0.29, 0.717) is 17.5 Å². The van der Waals surface area contributed by atoms with Crippen LogP contribution in [0.4, 0.5) is 5.82 Å². The topological polar surface area (TPSA) is 195 Å². The van der Waals surface area contributed by atoms with Gasteiger partial charge in [-0.15, -0.1) is 0 Å². The van der Waals surface area contributed by atoms with Crippen LogP contribution in [0.3, 0.4) is 0 Å². The Morgan fingerprint density at radius 1 is 0.933 bits per heavy atom. The molecule has 8 atom stereocenters. The molecule has 21 heteroatoms. The number of rotatable bonds is 21. The zero-order chi connectivity index (χ0) is 43.3. The average molecular weight is 871 g/mol. The molecule has 2 saturated heterocycles. The van der Waals surface area contributed by atoms with Crippen LogP contribution in [0.15, 0.2) is 63.2 Å². The first-order chi connectivity index (χ1) is 28.8. The Morgan fingerprint density at radius 2 is 1.57 bits per heavy atom. The average Bonchev–Trinajstić information content (AvgIpc) is 3.81. The minimum atomic E-state index is -2.12. The van der Waals surface area contributed by atoms with Crippen LogP contribution < -0.4 is 22.3 Å². The van der Waals surface area contributed by atoms with E-state index in [-0.39, 0.29) is 63.7 Å². The summed E-state index contributed by atoms with van der Waals surface area (Å²) in [5.41, 5.74) is -0.996. The van der Waals surface area contributed by atoms with Gasteiger partial charge < -0.3 is 47.1 Å². The highest BCUT2D eigenvalue weighted by Crippen LogP contribution is 2.51. The van der Waals surface area contributed by atoms with Crippen LogP contribution in [0.2, 0.25) is 0 Å². The molecule has 2 fully saturated rings. The fourth-order valence-electron chi connectivity index (χ4n) is 6.67. The molecule has 4 heterocycles. The second-order valence-corrected chi connectivity index (χ2v) is 17.1. The summed E-state index contributed by atoms with van der Waals surface area (Å²) in [6.07, 6.45) is -0.219. The lowest BCUT2D eigenvalue weighted by molar-refractivity contribution is -0.0465. The van der Waals surface area contributed by atoms with Crippen molar-refractivity contribution >= 4 is 28.9 Å². The number of H-pyrrole nitrogens is 1. The molecule has 60 heavy (non-hydrogen) atoms. The number of carbonyl (C=O) groups excluding carboxylic acids is 1. The summed E-state index contributed by atoms with van der Waals surface area (Å²) >= 11 is 0. The Kier molecular flexibility index (Phi) is 17.6. The molecule has 0 radical (unpaired) electrons. The number of carbonyl (C=O) groups is 1. The van der Waals surface area contributed by atoms with Crippen LogP contribution in [0, 0.1) is 20.1 Å². The number of nitrogens with zero attached hydrogens (tertiary/aromatic N) is 6. The lowest BCUT2D eigenvalue weighted by Crippen LogP contribution is -2.36. The van der Waals surface area contributed by atoms with Crippen molar-refractivity contribution in [3.8, 4) is 0 Å². The summed E-state index contributed by atoms with van der Waals surface area (Å²) in [5.74, 6) is -0.349. The molecule has 2 aromatic heterocycles. The van der Waals surface area contributed by atoms with Gasteiger partial charge in [-0.1, -0.05) is 25.1 Å². The maximum absolute atomic E-state index is 13.5. The highest BCUT2D eigenvalue weighted by atomic mass is 31.2. The molecule has 2 aliphatic heterocycles. The van der Waals surface area contributed by atoms with E-state index in [2.05, 4.69) is 29.6 Å². The third kappa shape index (κ3) is 12.4. The Balaban J connectivity index is 1.38. The number of hydrogen-bond acceptors (Lipinski definition) is 13. The molecule has 3 aromatic rings. The van der Waals surface area contributed by atoms with Crippen molar-refractivity contribution in [3.63, 3.8) is 0 Å². The highest BCUT2D eigenvalue weighted by molar-refractivity contribution is 7.44. The predicted molar refractivity (Wildman–Crippen MR) is 223 cm³/mol. The van der Waals surface area contributed by atoms with Crippen LogP contribution in [-0.2, 0) is 32.1 Å². The van der Waals surface area contributed by atoms with Crippen molar-refractivity contribution in [2.45, 2.75) is 110 Å². The first-order valence-corrected chi connectivity index (χ1v) is 21.9. The molecule has 0 saturated carbocycles. The number of aryl methyl sites for hydroxylation is 1. The van der Waals surface area contributed by atoms with Crippen molar-refractivity contribution in [1.29, 1.82) is 0 Å². The largest absolute Gasteiger partial charge is 0.352 e. The molecule has 0 aliphatic carbocycles. The normalized spacial score (nSPS) is 22.5. The van der Waals surface area contributed by atoms with Gasteiger partial charge in [0.05, 0.1) is 24.9 Å². The molecule has 0 bridgehead atoms. The third-order valence-corrected chi connectivity index (χ3v) is 12.8. The number of benzene rings is 1. The van der Waals surface area contributed by atoms with Crippen molar-refractivity contribution in [2.24, 2.45) is 0 Å². The van der Waals surface area contributed by atoms with Crippen LogP contribution in [0.1, 0.15) is 82.3 Å². The number of amides is 1. The number of aromatic amines is 1. The SMILES string of the molecule is [C-]#[N+]CCOP(OC[C@H]1O[C@@H](n2ccc(NC(=O)c3ccccc3)nc2=O)C[C@@H]1OP(OCC[N+]#[C-])N(C(C)C)C(C)C)O[C@H]1C[C@H](n2cc(C)c(=O)[nH]c2=O)O[C@@H]1CC. The maximum Gasteiger partial charge on any atom is 0.351 e. The minimum Gasteiger partial charge on any atom is -0.352 e. The Morgan fingerprint density at radius 3 is 2.20 bits per heavy atom. The van der Waals surface area contributed by atoms with Crippen LogP contribution in [-0.4, -0.2) is 99.1 Å². The van der Waals surface area contributed by atoms with Gasteiger partial charge >= 0.3 is 20.0 Å². The summed E-state index contributed by atoms with van der Waals surface area (Å²) in [6.45, 7) is 26.4. The fraction of sp³-hybridized carbons (Fsp3) is 0.564. The Bertz CT molecular complexity index is 2130. The highest BCUT2D eigenvalue weighted by Gasteiger charge is 2.44. The quantitative estimate of drug-likeness (QED) is 0.0767. The summed E-state index contributed by atoms with van der Waals surface area (Å²) in [7, 11) is -3.85. The molecule has 19 nitrogen and oxygen atoms in total. The minimum absolute atomic E-state index is 0.0132. The monoisotopic (exact) mass is 870 g/mol. The van der Waals surface area contributed by atoms with E-state index >= 15 is 0 Å². The lowest BCUT2D eigenvalue weighted by atomic mass is 10.1. The number of aromatic nitrogens is 4.